The van der Waals surface area contributed by atoms with Gasteiger partial charge in [0.05, 0.1) is 0 Å². The topological polar surface area (TPSA) is 56.7 Å². The molecule has 4 nitrogen and oxygen atoms in total. The average molecular weight is 238 g/mol. The standard InChI is InChI=1S/C14H14N4/c1-18-13(9-10-4-6-11(15)7-5-10)17-12-3-2-8-16-14(12)18/h2-8H,9,15H2,1H3. The molecular formula is C14H14N4. The number of benzene rings is 1. The second-order valence-electron chi connectivity index (χ2n) is 4.35. The Balaban J connectivity index is 1.99. The van der Waals surface area contributed by atoms with Gasteiger partial charge in [-0.1, -0.05) is 12.1 Å². The third-order valence-corrected chi connectivity index (χ3v) is 3.06. The van der Waals surface area contributed by atoms with Gasteiger partial charge >= 0.3 is 0 Å². The summed E-state index contributed by atoms with van der Waals surface area (Å²) in [5, 5.41) is 0. The molecule has 0 aliphatic rings. The van der Waals surface area contributed by atoms with Crippen molar-refractivity contribution in [2.45, 2.75) is 6.42 Å². The zero-order valence-corrected chi connectivity index (χ0v) is 10.2. The van der Waals surface area contributed by atoms with Crippen molar-refractivity contribution >= 4 is 16.9 Å². The summed E-state index contributed by atoms with van der Waals surface area (Å²) in [5.74, 6) is 1.01. The minimum atomic E-state index is 0.783. The van der Waals surface area contributed by atoms with Gasteiger partial charge in [-0.05, 0) is 29.8 Å². The number of pyridine rings is 1. The van der Waals surface area contributed by atoms with Gasteiger partial charge in [0, 0.05) is 25.4 Å². The molecule has 0 atom stereocenters. The molecule has 18 heavy (non-hydrogen) atoms. The van der Waals surface area contributed by atoms with Gasteiger partial charge in [-0.2, -0.15) is 0 Å². The van der Waals surface area contributed by atoms with E-state index in [2.05, 4.69) is 9.97 Å². The normalized spacial score (nSPS) is 10.9. The Bertz CT molecular complexity index is 683. The van der Waals surface area contributed by atoms with Crippen molar-refractivity contribution in [2.24, 2.45) is 7.05 Å². The minimum Gasteiger partial charge on any atom is -0.399 e. The molecule has 2 heterocycles. The lowest BCUT2D eigenvalue weighted by Crippen LogP contribution is -1.99. The third-order valence-electron chi connectivity index (χ3n) is 3.06. The molecule has 0 fully saturated rings. The van der Waals surface area contributed by atoms with E-state index in [1.807, 2.05) is 48.0 Å². The van der Waals surface area contributed by atoms with Gasteiger partial charge in [-0.3, -0.25) is 0 Å². The molecule has 2 aromatic heterocycles. The molecule has 2 N–H and O–H groups in total. The summed E-state index contributed by atoms with van der Waals surface area (Å²) in [6, 6.07) is 11.8. The number of hydrogen-bond donors (Lipinski definition) is 1. The Morgan fingerprint density at radius 2 is 1.94 bits per heavy atom. The fraction of sp³-hybridized carbons (Fsp3) is 0.143. The average Bonchev–Trinajstić information content (AvgIpc) is 2.70. The summed E-state index contributed by atoms with van der Waals surface area (Å²) in [4.78, 5) is 8.94. The van der Waals surface area contributed by atoms with E-state index in [9.17, 15) is 0 Å². The highest BCUT2D eigenvalue weighted by Crippen LogP contribution is 2.15. The quantitative estimate of drug-likeness (QED) is 0.696. The summed E-state index contributed by atoms with van der Waals surface area (Å²) in [6.07, 6.45) is 2.57. The van der Waals surface area contributed by atoms with Crippen molar-refractivity contribution in [1.82, 2.24) is 14.5 Å². The first kappa shape index (κ1) is 10.8. The maximum atomic E-state index is 5.68. The van der Waals surface area contributed by atoms with Gasteiger partial charge in [0.2, 0.25) is 0 Å². The predicted octanol–water partition coefficient (Wildman–Crippen LogP) is 2.14. The van der Waals surface area contributed by atoms with Crippen LogP contribution in [0.15, 0.2) is 42.6 Å². The van der Waals surface area contributed by atoms with Gasteiger partial charge in [0.25, 0.3) is 0 Å². The van der Waals surface area contributed by atoms with E-state index in [0.717, 1.165) is 29.1 Å². The van der Waals surface area contributed by atoms with Crippen LogP contribution >= 0.6 is 0 Å². The molecule has 3 rings (SSSR count). The second kappa shape index (κ2) is 4.14. The van der Waals surface area contributed by atoms with Crippen LogP contribution in [0.25, 0.3) is 11.2 Å². The van der Waals surface area contributed by atoms with Crippen LogP contribution in [-0.4, -0.2) is 14.5 Å². The van der Waals surface area contributed by atoms with E-state index in [1.165, 1.54) is 5.56 Å². The Labute approximate surface area is 105 Å². The zero-order chi connectivity index (χ0) is 12.5. The van der Waals surface area contributed by atoms with Crippen LogP contribution in [-0.2, 0) is 13.5 Å². The van der Waals surface area contributed by atoms with Crippen LogP contribution in [0.4, 0.5) is 5.69 Å². The van der Waals surface area contributed by atoms with Crippen LogP contribution in [0, 0.1) is 0 Å². The number of aryl methyl sites for hydroxylation is 1. The van der Waals surface area contributed by atoms with Crippen LogP contribution in [0.1, 0.15) is 11.4 Å². The van der Waals surface area contributed by atoms with Gasteiger partial charge in [-0.15, -0.1) is 0 Å². The highest BCUT2D eigenvalue weighted by molar-refractivity contribution is 5.71. The van der Waals surface area contributed by atoms with Crippen LogP contribution in [0.2, 0.25) is 0 Å². The first-order valence-corrected chi connectivity index (χ1v) is 5.85. The number of aromatic nitrogens is 3. The lowest BCUT2D eigenvalue weighted by Gasteiger charge is -2.02. The zero-order valence-electron chi connectivity index (χ0n) is 10.2. The van der Waals surface area contributed by atoms with Crippen LogP contribution in [0.3, 0.4) is 0 Å². The summed E-state index contributed by atoms with van der Waals surface area (Å²) < 4.78 is 2.03. The summed E-state index contributed by atoms with van der Waals surface area (Å²) in [6.45, 7) is 0. The molecule has 0 aliphatic heterocycles. The molecule has 0 radical (unpaired) electrons. The number of imidazole rings is 1. The largest absolute Gasteiger partial charge is 0.399 e. The second-order valence-corrected chi connectivity index (χ2v) is 4.35. The van der Waals surface area contributed by atoms with Crippen molar-refractivity contribution < 1.29 is 0 Å². The predicted molar refractivity (Wildman–Crippen MR) is 72.2 cm³/mol. The number of nitrogens with two attached hydrogens (primary N) is 1. The summed E-state index contributed by atoms with van der Waals surface area (Å²) in [7, 11) is 2.00. The molecule has 1 aromatic carbocycles. The number of anilines is 1. The Morgan fingerprint density at radius 1 is 1.17 bits per heavy atom. The Morgan fingerprint density at radius 3 is 2.67 bits per heavy atom. The van der Waals surface area contributed by atoms with Gasteiger partial charge in [0.1, 0.15) is 11.3 Å². The first-order valence-electron chi connectivity index (χ1n) is 5.85. The van der Waals surface area contributed by atoms with Gasteiger partial charge in [0.15, 0.2) is 5.65 Å². The summed E-state index contributed by atoms with van der Waals surface area (Å²) in [5.41, 5.74) is 9.52. The maximum absolute atomic E-state index is 5.68. The SMILES string of the molecule is Cn1c(Cc2ccc(N)cc2)nc2cccnc21. The number of hydrogen-bond acceptors (Lipinski definition) is 3. The highest BCUT2D eigenvalue weighted by Gasteiger charge is 2.08. The molecule has 0 bridgehead atoms. The first-order chi connectivity index (χ1) is 8.74. The van der Waals surface area contributed by atoms with E-state index in [-0.39, 0.29) is 0 Å². The lowest BCUT2D eigenvalue weighted by molar-refractivity contribution is 0.836. The van der Waals surface area contributed by atoms with E-state index in [1.54, 1.807) is 6.20 Å². The van der Waals surface area contributed by atoms with Crippen molar-refractivity contribution in [3.63, 3.8) is 0 Å². The Kier molecular flexibility index (Phi) is 2.48. The maximum Gasteiger partial charge on any atom is 0.159 e. The molecule has 4 heteroatoms. The van der Waals surface area contributed by atoms with E-state index >= 15 is 0 Å². The van der Waals surface area contributed by atoms with Crippen molar-refractivity contribution in [3.8, 4) is 0 Å². The summed E-state index contributed by atoms with van der Waals surface area (Å²) >= 11 is 0. The third kappa shape index (κ3) is 1.82. The van der Waals surface area contributed by atoms with Gasteiger partial charge < -0.3 is 10.3 Å². The monoisotopic (exact) mass is 238 g/mol. The van der Waals surface area contributed by atoms with Gasteiger partial charge in [-0.25, -0.2) is 9.97 Å². The minimum absolute atomic E-state index is 0.783. The smallest absolute Gasteiger partial charge is 0.159 e. The molecule has 0 aliphatic carbocycles. The number of fused-ring (bicyclic) bond motifs is 1. The van der Waals surface area contributed by atoms with Crippen molar-refractivity contribution in [2.75, 3.05) is 5.73 Å². The number of nitrogens with zero attached hydrogens (tertiary/aromatic N) is 3. The van der Waals surface area contributed by atoms with Crippen molar-refractivity contribution in [1.29, 1.82) is 0 Å². The fourth-order valence-corrected chi connectivity index (χ4v) is 2.05. The fourth-order valence-electron chi connectivity index (χ4n) is 2.05. The molecule has 3 aromatic rings. The Hall–Kier alpha value is -2.36. The van der Waals surface area contributed by atoms with E-state index in [4.69, 9.17) is 5.73 Å². The van der Waals surface area contributed by atoms with E-state index in [0.29, 0.717) is 0 Å². The molecule has 0 amide bonds. The molecule has 0 saturated heterocycles. The molecule has 0 spiro atoms. The molecule has 90 valence electrons. The number of rotatable bonds is 2. The number of nitrogen functional groups attached to an aromatic ring is 1. The van der Waals surface area contributed by atoms with Crippen molar-refractivity contribution in [3.05, 3.63) is 54.0 Å². The lowest BCUT2D eigenvalue weighted by atomic mass is 10.1. The molecule has 0 unspecified atom stereocenters. The van der Waals surface area contributed by atoms with Crippen LogP contribution < -0.4 is 5.73 Å². The highest BCUT2D eigenvalue weighted by atomic mass is 15.1. The molecule has 0 saturated carbocycles. The van der Waals surface area contributed by atoms with E-state index < -0.39 is 0 Å². The molecular weight excluding hydrogens is 224 g/mol. The van der Waals surface area contributed by atoms with Crippen LogP contribution in [0.5, 0.6) is 0 Å².